The molecule has 1 aliphatic heterocycles. The van der Waals surface area contributed by atoms with Gasteiger partial charge in [0.25, 0.3) is 5.91 Å². The Bertz CT molecular complexity index is 795. The summed E-state index contributed by atoms with van der Waals surface area (Å²) in [6.45, 7) is 3.42. The van der Waals surface area contributed by atoms with Crippen molar-refractivity contribution in [3.63, 3.8) is 0 Å². The fourth-order valence-electron chi connectivity index (χ4n) is 4.26. The van der Waals surface area contributed by atoms with E-state index in [0.29, 0.717) is 12.2 Å². The van der Waals surface area contributed by atoms with Crippen molar-refractivity contribution in [1.29, 1.82) is 0 Å². The second-order valence-corrected chi connectivity index (χ2v) is 7.21. The molecule has 2 aromatic rings. The Labute approximate surface area is 148 Å². The van der Waals surface area contributed by atoms with Crippen molar-refractivity contribution in [2.75, 3.05) is 13.1 Å². The van der Waals surface area contributed by atoms with E-state index in [0.717, 1.165) is 56.3 Å². The summed E-state index contributed by atoms with van der Waals surface area (Å²) in [5, 5.41) is 4.79. The summed E-state index contributed by atoms with van der Waals surface area (Å²) in [5.41, 5.74) is 11.2. The highest BCUT2D eigenvalue weighted by atomic mass is 16.2. The number of likely N-dealkylation sites (tertiary alicyclic amines) is 1. The zero-order valence-electron chi connectivity index (χ0n) is 14.9. The van der Waals surface area contributed by atoms with Gasteiger partial charge < -0.3 is 10.6 Å². The average molecular weight is 338 g/mol. The van der Waals surface area contributed by atoms with Gasteiger partial charge in [0.2, 0.25) is 0 Å². The maximum Gasteiger partial charge on any atom is 0.274 e. The Morgan fingerprint density at radius 2 is 2.08 bits per heavy atom. The number of hydrogen-bond donors (Lipinski definition) is 1. The summed E-state index contributed by atoms with van der Waals surface area (Å²) < 4.78 is 2.01. The lowest BCUT2D eigenvalue weighted by Gasteiger charge is -2.34. The number of benzene rings is 1. The molecule has 1 unspecified atom stereocenters. The Kier molecular flexibility index (Phi) is 4.34. The predicted molar refractivity (Wildman–Crippen MR) is 98.1 cm³/mol. The molecule has 0 bridgehead atoms. The normalized spacial score (nSPS) is 19.9. The predicted octanol–water partition coefficient (Wildman–Crippen LogP) is 2.62. The molecular formula is C20H26N4O. The van der Waals surface area contributed by atoms with E-state index in [1.165, 1.54) is 11.3 Å². The summed E-state index contributed by atoms with van der Waals surface area (Å²) in [6, 6.07) is 8.39. The molecule has 5 nitrogen and oxygen atoms in total. The molecule has 2 aliphatic rings. The minimum absolute atomic E-state index is 0.0700. The van der Waals surface area contributed by atoms with Gasteiger partial charge in [0.15, 0.2) is 5.69 Å². The highest BCUT2D eigenvalue weighted by Crippen LogP contribution is 2.30. The van der Waals surface area contributed by atoms with E-state index >= 15 is 0 Å². The molecule has 1 atom stereocenters. The van der Waals surface area contributed by atoms with Gasteiger partial charge in [-0.2, -0.15) is 5.10 Å². The van der Waals surface area contributed by atoms with Gasteiger partial charge in [0, 0.05) is 30.4 Å². The van der Waals surface area contributed by atoms with Crippen molar-refractivity contribution < 1.29 is 4.79 Å². The molecule has 0 radical (unpaired) electrons. The maximum absolute atomic E-state index is 13.3. The van der Waals surface area contributed by atoms with Crippen molar-refractivity contribution in [3.05, 3.63) is 46.8 Å². The largest absolute Gasteiger partial charge is 0.333 e. The lowest BCUT2D eigenvalue weighted by Crippen LogP contribution is -2.47. The summed E-state index contributed by atoms with van der Waals surface area (Å²) in [6.07, 6.45) is 6.25. The van der Waals surface area contributed by atoms with Crippen LogP contribution in [0.5, 0.6) is 0 Å². The number of para-hydroxylation sites is 1. The molecule has 5 heteroatoms. The van der Waals surface area contributed by atoms with E-state index < -0.39 is 0 Å². The minimum atomic E-state index is 0.0700. The standard InChI is InChI=1S/C20H26N4O/c1-14-7-2-3-10-17(14)24-18-11-6-9-16(18)19(22-24)20(25)23-12-5-4-8-15(23)13-21/h2-3,7,10,15H,4-6,8-9,11-13,21H2,1H3. The smallest absolute Gasteiger partial charge is 0.274 e. The first-order valence-corrected chi connectivity index (χ1v) is 9.38. The molecule has 1 fully saturated rings. The summed E-state index contributed by atoms with van der Waals surface area (Å²) >= 11 is 0. The van der Waals surface area contributed by atoms with Crippen molar-refractivity contribution in [2.45, 2.75) is 51.5 Å². The monoisotopic (exact) mass is 338 g/mol. The number of rotatable bonds is 3. The maximum atomic E-state index is 13.3. The second-order valence-electron chi connectivity index (χ2n) is 7.21. The number of nitrogens with two attached hydrogens (primary N) is 1. The average Bonchev–Trinajstić information content (AvgIpc) is 3.24. The van der Waals surface area contributed by atoms with Crippen LogP contribution in [0.4, 0.5) is 0 Å². The quantitative estimate of drug-likeness (QED) is 0.936. The molecule has 0 saturated carbocycles. The van der Waals surface area contributed by atoms with Crippen molar-refractivity contribution in [3.8, 4) is 5.69 Å². The first-order valence-electron chi connectivity index (χ1n) is 9.38. The first-order chi connectivity index (χ1) is 12.2. The second kappa shape index (κ2) is 6.64. The van der Waals surface area contributed by atoms with Crippen LogP contribution >= 0.6 is 0 Å². The van der Waals surface area contributed by atoms with Gasteiger partial charge in [-0.05, 0) is 57.1 Å². The van der Waals surface area contributed by atoms with Gasteiger partial charge in [-0.3, -0.25) is 4.79 Å². The fourth-order valence-corrected chi connectivity index (χ4v) is 4.26. The van der Waals surface area contributed by atoms with Crippen LogP contribution in [0.25, 0.3) is 5.69 Å². The SMILES string of the molecule is Cc1ccccc1-n1nc(C(=O)N2CCCCC2CN)c2c1CCC2. The number of carbonyl (C=O) groups is 1. The lowest BCUT2D eigenvalue weighted by atomic mass is 10.0. The van der Waals surface area contributed by atoms with Crippen LogP contribution in [-0.4, -0.2) is 39.7 Å². The van der Waals surface area contributed by atoms with E-state index in [4.69, 9.17) is 10.8 Å². The number of carbonyl (C=O) groups excluding carboxylic acids is 1. The van der Waals surface area contributed by atoms with E-state index in [2.05, 4.69) is 19.1 Å². The lowest BCUT2D eigenvalue weighted by molar-refractivity contribution is 0.0615. The number of nitrogens with zero attached hydrogens (tertiary/aromatic N) is 3. The number of fused-ring (bicyclic) bond motifs is 1. The summed E-state index contributed by atoms with van der Waals surface area (Å²) in [5.74, 6) is 0.0700. The van der Waals surface area contributed by atoms with E-state index in [1.807, 2.05) is 21.7 Å². The third kappa shape index (κ3) is 2.76. The number of aryl methyl sites for hydroxylation is 1. The highest BCUT2D eigenvalue weighted by molar-refractivity contribution is 5.94. The van der Waals surface area contributed by atoms with Gasteiger partial charge in [0.05, 0.1) is 5.69 Å². The van der Waals surface area contributed by atoms with Crippen LogP contribution in [0.3, 0.4) is 0 Å². The van der Waals surface area contributed by atoms with Crippen molar-refractivity contribution in [2.24, 2.45) is 5.73 Å². The third-order valence-corrected chi connectivity index (χ3v) is 5.64. The van der Waals surface area contributed by atoms with Crippen LogP contribution in [0.2, 0.25) is 0 Å². The number of aromatic nitrogens is 2. The summed E-state index contributed by atoms with van der Waals surface area (Å²) in [4.78, 5) is 15.2. The molecule has 1 aliphatic carbocycles. The van der Waals surface area contributed by atoms with Gasteiger partial charge in [-0.1, -0.05) is 18.2 Å². The number of piperidine rings is 1. The molecule has 4 rings (SSSR count). The fraction of sp³-hybridized carbons (Fsp3) is 0.500. The summed E-state index contributed by atoms with van der Waals surface area (Å²) in [7, 11) is 0. The van der Waals surface area contributed by atoms with Gasteiger partial charge in [0.1, 0.15) is 0 Å². The topological polar surface area (TPSA) is 64.2 Å². The highest BCUT2D eigenvalue weighted by Gasteiger charge is 2.33. The molecule has 2 N–H and O–H groups in total. The van der Waals surface area contributed by atoms with Crippen molar-refractivity contribution >= 4 is 5.91 Å². The van der Waals surface area contributed by atoms with E-state index in [-0.39, 0.29) is 11.9 Å². The van der Waals surface area contributed by atoms with E-state index in [9.17, 15) is 4.79 Å². The Morgan fingerprint density at radius 1 is 1.24 bits per heavy atom. The first kappa shape index (κ1) is 16.3. The molecule has 25 heavy (non-hydrogen) atoms. The van der Waals surface area contributed by atoms with Crippen LogP contribution in [0.1, 0.15) is 53.0 Å². The zero-order valence-corrected chi connectivity index (χ0v) is 14.9. The third-order valence-electron chi connectivity index (χ3n) is 5.64. The van der Waals surface area contributed by atoms with Crippen LogP contribution in [-0.2, 0) is 12.8 Å². The van der Waals surface area contributed by atoms with Crippen LogP contribution in [0, 0.1) is 6.92 Å². The zero-order chi connectivity index (χ0) is 17.4. The van der Waals surface area contributed by atoms with Crippen LogP contribution in [0.15, 0.2) is 24.3 Å². The Morgan fingerprint density at radius 3 is 2.88 bits per heavy atom. The molecule has 132 valence electrons. The number of amides is 1. The van der Waals surface area contributed by atoms with Gasteiger partial charge in [-0.15, -0.1) is 0 Å². The Balaban J connectivity index is 1.75. The van der Waals surface area contributed by atoms with Gasteiger partial charge >= 0.3 is 0 Å². The molecular weight excluding hydrogens is 312 g/mol. The van der Waals surface area contributed by atoms with E-state index in [1.54, 1.807) is 0 Å². The Hall–Kier alpha value is -2.14. The molecule has 1 amide bonds. The molecule has 1 aromatic carbocycles. The van der Waals surface area contributed by atoms with Crippen LogP contribution < -0.4 is 5.73 Å². The number of hydrogen-bond acceptors (Lipinski definition) is 3. The van der Waals surface area contributed by atoms with Crippen molar-refractivity contribution in [1.82, 2.24) is 14.7 Å². The molecule has 1 aromatic heterocycles. The molecule has 2 heterocycles. The minimum Gasteiger partial charge on any atom is -0.333 e. The molecule has 1 saturated heterocycles. The molecule has 0 spiro atoms. The van der Waals surface area contributed by atoms with Gasteiger partial charge in [-0.25, -0.2) is 4.68 Å².